The Morgan fingerprint density at radius 3 is 2.62 bits per heavy atom. The lowest BCUT2D eigenvalue weighted by Gasteiger charge is -2.05. The molecule has 0 heterocycles. The monoisotopic (exact) mass is 179 g/mol. The highest BCUT2D eigenvalue weighted by molar-refractivity contribution is 6.01. The summed E-state index contributed by atoms with van der Waals surface area (Å²) in [6.07, 6.45) is 0. The summed E-state index contributed by atoms with van der Waals surface area (Å²) in [5.41, 5.74) is 1.54. The lowest BCUT2D eigenvalue weighted by atomic mass is 10.1. The zero-order valence-corrected chi connectivity index (χ0v) is 8.03. The van der Waals surface area contributed by atoms with Gasteiger partial charge in [-0.15, -0.1) is 0 Å². The summed E-state index contributed by atoms with van der Waals surface area (Å²) in [4.78, 5) is 3.99. The number of rotatable bonds is 2. The topological polar surface area (TPSA) is 41.8 Å². The number of methoxy groups -OCH3 is 1. The lowest BCUT2D eigenvalue weighted by Crippen LogP contribution is -1.95. The van der Waals surface area contributed by atoms with E-state index in [0.29, 0.717) is 5.75 Å². The molecule has 0 aliphatic heterocycles. The van der Waals surface area contributed by atoms with Crippen LogP contribution >= 0.6 is 0 Å². The molecule has 1 rings (SSSR count). The van der Waals surface area contributed by atoms with Crippen LogP contribution in [0.3, 0.4) is 0 Å². The Labute approximate surface area is 77.7 Å². The zero-order valence-electron chi connectivity index (χ0n) is 8.03. The van der Waals surface area contributed by atoms with E-state index in [0.717, 1.165) is 11.3 Å². The molecule has 1 N–H and O–H groups in total. The van der Waals surface area contributed by atoms with Gasteiger partial charge in [-0.05, 0) is 19.1 Å². The molecule has 1 aromatic carbocycles. The minimum Gasteiger partial charge on any atom is -0.507 e. The molecule has 0 saturated carbocycles. The van der Waals surface area contributed by atoms with Gasteiger partial charge in [0, 0.05) is 24.4 Å². The van der Waals surface area contributed by atoms with E-state index in [-0.39, 0.29) is 5.75 Å². The minimum absolute atomic E-state index is 0.197. The van der Waals surface area contributed by atoms with Crippen LogP contribution in [-0.4, -0.2) is 25.0 Å². The van der Waals surface area contributed by atoms with E-state index in [1.54, 1.807) is 32.4 Å². The highest BCUT2D eigenvalue weighted by Crippen LogP contribution is 2.23. The number of phenolic OH excluding ortho intramolecular Hbond substituents is 1. The number of phenols is 1. The van der Waals surface area contributed by atoms with Crippen molar-refractivity contribution in [2.45, 2.75) is 6.92 Å². The van der Waals surface area contributed by atoms with Crippen molar-refractivity contribution in [3.8, 4) is 11.5 Å². The number of hydrogen-bond donors (Lipinski definition) is 1. The molecule has 0 saturated heterocycles. The Kier molecular flexibility index (Phi) is 2.90. The molecule has 0 fully saturated rings. The summed E-state index contributed by atoms with van der Waals surface area (Å²) >= 11 is 0. The van der Waals surface area contributed by atoms with E-state index in [9.17, 15) is 5.11 Å². The average Bonchev–Trinajstić information content (AvgIpc) is 2.16. The second-order valence-corrected chi connectivity index (χ2v) is 2.69. The Balaban J connectivity index is 3.12. The summed E-state index contributed by atoms with van der Waals surface area (Å²) in [6, 6.07) is 5.16. The summed E-state index contributed by atoms with van der Waals surface area (Å²) in [6.45, 7) is 1.85. The lowest BCUT2D eigenvalue weighted by molar-refractivity contribution is 0.407. The second-order valence-electron chi connectivity index (χ2n) is 2.69. The molecule has 0 radical (unpaired) electrons. The third-order valence-electron chi connectivity index (χ3n) is 1.93. The van der Waals surface area contributed by atoms with Gasteiger partial charge in [0.1, 0.15) is 11.5 Å². The van der Waals surface area contributed by atoms with E-state index >= 15 is 0 Å². The van der Waals surface area contributed by atoms with Crippen LogP contribution in [0.1, 0.15) is 12.5 Å². The first-order valence-electron chi connectivity index (χ1n) is 3.99. The molecule has 3 heteroatoms. The van der Waals surface area contributed by atoms with E-state index < -0.39 is 0 Å². The predicted octanol–water partition coefficient (Wildman–Crippen LogP) is 1.84. The van der Waals surface area contributed by atoms with Crippen LogP contribution in [0, 0.1) is 0 Å². The first kappa shape index (κ1) is 9.58. The Morgan fingerprint density at radius 1 is 1.46 bits per heavy atom. The van der Waals surface area contributed by atoms with Crippen molar-refractivity contribution in [1.29, 1.82) is 0 Å². The number of benzene rings is 1. The van der Waals surface area contributed by atoms with Crippen LogP contribution in [-0.2, 0) is 0 Å². The molecule has 0 amide bonds. The molecule has 0 spiro atoms. The van der Waals surface area contributed by atoms with Crippen molar-refractivity contribution in [3.63, 3.8) is 0 Å². The fourth-order valence-electron chi connectivity index (χ4n) is 1.06. The maximum Gasteiger partial charge on any atom is 0.128 e. The van der Waals surface area contributed by atoms with Crippen LogP contribution in [0.25, 0.3) is 0 Å². The molecule has 1 aromatic rings. The van der Waals surface area contributed by atoms with Crippen molar-refractivity contribution >= 4 is 5.71 Å². The molecule has 0 atom stereocenters. The number of aromatic hydroxyl groups is 1. The molecular formula is C10H13NO2. The average molecular weight is 179 g/mol. The summed E-state index contributed by atoms with van der Waals surface area (Å²) in [5, 5.41) is 9.56. The van der Waals surface area contributed by atoms with Crippen molar-refractivity contribution < 1.29 is 9.84 Å². The second kappa shape index (κ2) is 3.94. The SMILES string of the molecule is C/N=C(\C)c1ccc(OC)cc1O. The third kappa shape index (κ3) is 1.99. The van der Waals surface area contributed by atoms with Gasteiger partial charge in [0.05, 0.1) is 7.11 Å². The first-order chi connectivity index (χ1) is 6.19. The molecule has 3 nitrogen and oxygen atoms in total. The highest BCUT2D eigenvalue weighted by Gasteiger charge is 2.04. The summed E-state index contributed by atoms with van der Waals surface area (Å²) in [7, 11) is 3.26. The molecule has 0 aromatic heterocycles. The molecule has 0 aliphatic carbocycles. The maximum absolute atomic E-state index is 9.56. The van der Waals surface area contributed by atoms with Crippen LogP contribution in [0.15, 0.2) is 23.2 Å². The van der Waals surface area contributed by atoms with Crippen molar-refractivity contribution in [3.05, 3.63) is 23.8 Å². The summed E-state index contributed by atoms with van der Waals surface area (Å²) < 4.78 is 4.96. The Hall–Kier alpha value is -1.51. The van der Waals surface area contributed by atoms with Crippen molar-refractivity contribution in [2.75, 3.05) is 14.2 Å². The standard InChI is InChI=1S/C10H13NO2/c1-7(11-2)9-5-4-8(13-3)6-10(9)12/h4-6,12H,1-3H3/b11-7+. The van der Waals surface area contributed by atoms with Gasteiger partial charge in [-0.1, -0.05) is 0 Å². The van der Waals surface area contributed by atoms with Crippen LogP contribution < -0.4 is 4.74 Å². The van der Waals surface area contributed by atoms with Gasteiger partial charge in [0.15, 0.2) is 0 Å². The van der Waals surface area contributed by atoms with Crippen LogP contribution in [0.4, 0.5) is 0 Å². The van der Waals surface area contributed by atoms with E-state index in [2.05, 4.69) is 4.99 Å². The molecule has 0 unspecified atom stereocenters. The molecule has 13 heavy (non-hydrogen) atoms. The van der Waals surface area contributed by atoms with Gasteiger partial charge in [0.2, 0.25) is 0 Å². The quantitative estimate of drug-likeness (QED) is 0.704. The van der Waals surface area contributed by atoms with Crippen LogP contribution in [0.5, 0.6) is 11.5 Å². The van der Waals surface area contributed by atoms with Gasteiger partial charge in [0.25, 0.3) is 0 Å². The number of ether oxygens (including phenoxy) is 1. The normalized spacial score (nSPS) is 11.5. The van der Waals surface area contributed by atoms with Crippen LogP contribution in [0.2, 0.25) is 0 Å². The number of hydrogen-bond acceptors (Lipinski definition) is 3. The van der Waals surface area contributed by atoms with E-state index in [4.69, 9.17) is 4.74 Å². The Bertz CT molecular complexity index is 332. The Morgan fingerprint density at radius 2 is 2.15 bits per heavy atom. The van der Waals surface area contributed by atoms with Crippen molar-refractivity contribution in [2.24, 2.45) is 4.99 Å². The minimum atomic E-state index is 0.197. The van der Waals surface area contributed by atoms with Gasteiger partial charge < -0.3 is 9.84 Å². The molecule has 70 valence electrons. The highest BCUT2D eigenvalue weighted by atomic mass is 16.5. The molecular weight excluding hydrogens is 166 g/mol. The van der Waals surface area contributed by atoms with E-state index in [1.807, 2.05) is 6.92 Å². The van der Waals surface area contributed by atoms with Gasteiger partial charge >= 0.3 is 0 Å². The molecule has 0 aliphatic rings. The first-order valence-corrected chi connectivity index (χ1v) is 3.99. The number of nitrogens with zero attached hydrogens (tertiary/aromatic N) is 1. The fourth-order valence-corrected chi connectivity index (χ4v) is 1.06. The van der Waals surface area contributed by atoms with E-state index in [1.165, 1.54) is 0 Å². The smallest absolute Gasteiger partial charge is 0.128 e. The predicted molar refractivity (Wildman–Crippen MR) is 52.8 cm³/mol. The third-order valence-corrected chi connectivity index (χ3v) is 1.93. The molecule has 0 bridgehead atoms. The zero-order chi connectivity index (χ0) is 9.84. The summed E-state index contributed by atoms with van der Waals surface area (Å²) in [5.74, 6) is 0.840. The van der Waals surface area contributed by atoms with Crippen molar-refractivity contribution in [1.82, 2.24) is 0 Å². The number of aliphatic imine (C=N–C) groups is 1. The largest absolute Gasteiger partial charge is 0.507 e. The maximum atomic E-state index is 9.56. The van der Waals surface area contributed by atoms with Gasteiger partial charge in [-0.25, -0.2) is 0 Å². The fraction of sp³-hybridized carbons (Fsp3) is 0.300. The van der Waals surface area contributed by atoms with Gasteiger partial charge in [-0.3, -0.25) is 4.99 Å². The van der Waals surface area contributed by atoms with Gasteiger partial charge in [-0.2, -0.15) is 0 Å².